The van der Waals surface area contributed by atoms with Gasteiger partial charge in [0.25, 0.3) is 5.91 Å². The Morgan fingerprint density at radius 1 is 0.919 bits per heavy atom. The van der Waals surface area contributed by atoms with E-state index in [4.69, 9.17) is 0 Å². The summed E-state index contributed by atoms with van der Waals surface area (Å²) in [5, 5.41) is 10.5. The molecule has 2 aromatic heterocycles. The average molecular weight is 503 g/mol. The number of aryl methyl sites for hydroxylation is 2. The normalized spacial score (nSPS) is 18.4. The van der Waals surface area contributed by atoms with Crippen LogP contribution in [0.25, 0.3) is 11.3 Å². The Morgan fingerprint density at radius 3 is 2.14 bits per heavy atom. The standard InChI is InChI=1S/C29H38N6O2/c1-34-19-30-18-25(34)20-12-14-23(15-13-20)32-29(37)27(33-28(36)24-16-17-31-35(24)2)26(22-10-6-7-11-22)21-8-4-3-5-9-21/h12-19,21-22,26-27H,3-11H2,1-2H3,(H,32,37)(H,33,36)/t26?,27-/m0/s1. The van der Waals surface area contributed by atoms with Gasteiger partial charge >= 0.3 is 0 Å². The van der Waals surface area contributed by atoms with Crippen molar-refractivity contribution in [1.82, 2.24) is 24.6 Å². The summed E-state index contributed by atoms with van der Waals surface area (Å²) in [5.41, 5.74) is 3.24. The number of aromatic nitrogens is 4. The minimum absolute atomic E-state index is 0.133. The lowest BCUT2D eigenvalue weighted by Gasteiger charge is -2.39. The van der Waals surface area contributed by atoms with E-state index in [0.29, 0.717) is 17.5 Å². The summed E-state index contributed by atoms with van der Waals surface area (Å²) in [6, 6.07) is 8.94. The van der Waals surface area contributed by atoms with Gasteiger partial charge in [-0.25, -0.2) is 4.98 Å². The zero-order valence-corrected chi connectivity index (χ0v) is 21.9. The lowest BCUT2D eigenvalue weighted by atomic mass is 9.69. The smallest absolute Gasteiger partial charge is 0.270 e. The molecule has 0 bridgehead atoms. The van der Waals surface area contributed by atoms with Gasteiger partial charge in [0.1, 0.15) is 11.7 Å². The molecule has 0 aliphatic heterocycles. The molecule has 0 saturated heterocycles. The molecule has 2 saturated carbocycles. The van der Waals surface area contributed by atoms with Crippen LogP contribution in [0.3, 0.4) is 0 Å². The van der Waals surface area contributed by atoms with Crippen molar-refractivity contribution in [2.45, 2.75) is 63.8 Å². The molecular formula is C29H38N6O2. The summed E-state index contributed by atoms with van der Waals surface area (Å²) in [7, 11) is 3.71. The summed E-state index contributed by atoms with van der Waals surface area (Å²) >= 11 is 0. The van der Waals surface area contributed by atoms with E-state index in [2.05, 4.69) is 20.7 Å². The third-order valence-electron chi connectivity index (χ3n) is 8.41. The maximum absolute atomic E-state index is 13.9. The molecular weight excluding hydrogens is 464 g/mol. The van der Waals surface area contributed by atoms with Crippen LogP contribution in [0.5, 0.6) is 0 Å². The van der Waals surface area contributed by atoms with Crippen LogP contribution >= 0.6 is 0 Å². The van der Waals surface area contributed by atoms with Gasteiger partial charge in [0.15, 0.2) is 0 Å². The van der Waals surface area contributed by atoms with Crippen LogP contribution in [-0.2, 0) is 18.9 Å². The van der Waals surface area contributed by atoms with Crippen molar-refractivity contribution < 1.29 is 9.59 Å². The number of carbonyl (C=O) groups excluding carboxylic acids is 2. The van der Waals surface area contributed by atoms with Crippen molar-refractivity contribution in [3.8, 4) is 11.3 Å². The van der Waals surface area contributed by atoms with Crippen molar-refractivity contribution in [3.05, 3.63) is 54.7 Å². The topological polar surface area (TPSA) is 93.8 Å². The summed E-state index contributed by atoms with van der Waals surface area (Å²) in [4.78, 5) is 31.5. The zero-order valence-electron chi connectivity index (χ0n) is 21.9. The zero-order chi connectivity index (χ0) is 25.8. The molecule has 2 fully saturated rings. The van der Waals surface area contributed by atoms with E-state index in [1.54, 1.807) is 30.3 Å². The Kier molecular flexibility index (Phi) is 7.72. The third kappa shape index (κ3) is 5.63. The van der Waals surface area contributed by atoms with Crippen LogP contribution in [0.4, 0.5) is 5.69 Å². The second-order valence-electron chi connectivity index (χ2n) is 10.8. The molecule has 8 nitrogen and oxygen atoms in total. The molecule has 2 aliphatic rings. The molecule has 2 heterocycles. The van der Waals surface area contributed by atoms with E-state index in [9.17, 15) is 9.59 Å². The number of rotatable bonds is 8. The van der Waals surface area contributed by atoms with Gasteiger partial charge in [0.05, 0.1) is 18.2 Å². The Labute approximate surface area is 218 Å². The second-order valence-corrected chi connectivity index (χ2v) is 10.8. The van der Waals surface area contributed by atoms with Crippen LogP contribution in [0.2, 0.25) is 0 Å². The quantitative estimate of drug-likeness (QED) is 0.456. The van der Waals surface area contributed by atoms with E-state index >= 15 is 0 Å². The van der Waals surface area contributed by atoms with Crippen molar-refractivity contribution in [2.75, 3.05) is 5.32 Å². The van der Waals surface area contributed by atoms with Crippen LogP contribution in [-0.4, -0.2) is 37.2 Å². The molecule has 8 heteroatoms. The Balaban J connectivity index is 1.41. The highest BCUT2D eigenvalue weighted by atomic mass is 16.2. The molecule has 2 atom stereocenters. The SMILES string of the molecule is Cn1cncc1-c1ccc(NC(=O)[C@@H](NC(=O)c2ccnn2C)C(C2CCCCC2)C2CCCC2)cc1. The number of hydrogen-bond donors (Lipinski definition) is 2. The van der Waals surface area contributed by atoms with Crippen LogP contribution in [0.15, 0.2) is 49.1 Å². The summed E-state index contributed by atoms with van der Waals surface area (Å²) < 4.78 is 3.53. The predicted octanol–water partition coefficient (Wildman–Crippen LogP) is 4.94. The first-order valence-electron chi connectivity index (χ1n) is 13.7. The van der Waals surface area contributed by atoms with Gasteiger partial charge in [-0.3, -0.25) is 14.3 Å². The van der Waals surface area contributed by atoms with Gasteiger partial charge in [-0.1, -0.05) is 69.9 Å². The van der Waals surface area contributed by atoms with Gasteiger partial charge in [-0.05, 0) is 41.5 Å². The van der Waals surface area contributed by atoms with Crippen molar-refractivity contribution >= 4 is 17.5 Å². The van der Waals surface area contributed by atoms with Gasteiger partial charge in [0.2, 0.25) is 5.91 Å². The molecule has 3 aromatic rings. The second kappa shape index (κ2) is 11.3. The molecule has 2 aliphatic carbocycles. The minimum atomic E-state index is -0.592. The molecule has 0 radical (unpaired) electrons. The van der Waals surface area contributed by atoms with Crippen molar-refractivity contribution in [3.63, 3.8) is 0 Å². The van der Waals surface area contributed by atoms with Gasteiger partial charge in [-0.15, -0.1) is 0 Å². The van der Waals surface area contributed by atoms with E-state index in [1.165, 1.54) is 32.1 Å². The first-order chi connectivity index (χ1) is 18.0. The highest BCUT2D eigenvalue weighted by Gasteiger charge is 2.42. The monoisotopic (exact) mass is 502 g/mol. The molecule has 37 heavy (non-hydrogen) atoms. The lowest BCUT2D eigenvalue weighted by molar-refractivity contribution is -0.120. The molecule has 2 N–H and O–H groups in total. The average Bonchev–Trinajstić information content (AvgIpc) is 3.68. The maximum Gasteiger partial charge on any atom is 0.270 e. The first kappa shape index (κ1) is 25.2. The van der Waals surface area contributed by atoms with E-state index in [0.717, 1.165) is 42.6 Å². The fourth-order valence-electron chi connectivity index (χ4n) is 6.52. The van der Waals surface area contributed by atoms with Gasteiger partial charge < -0.3 is 15.2 Å². The highest BCUT2D eigenvalue weighted by molar-refractivity contribution is 6.00. The van der Waals surface area contributed by atoms with Crippen LogP contribution in [0, 0.1) is 17.8 Å². The molecule has 5 rings (SSSR count). The predicted molar refractivity (Wildman–Crippen MR) is 144 cm³/mol. The molecule has 196 valence electrons. The van der Waals surface area contributed by atoms with E-state index in [-0.39, 0.29) is 17.7 Å². The summed E-state index contributed by atoms with van der Waals surface area (Å²) in [6.07, 6.45) is 15.8. The molecule has 1 aromatic carbocycles. The number of nitrogens with zero attached hydrogens (tertiary/aromatic N) is 4. The number of benzene rings is 1. The minimum Gasteiger partial charge on any atom is -0.339 e. The Bertz CT molecular complexity index is 1200. The fourth-order valence-corrected chi connectivity index (χ4v) is 6.52. The van der Waals surface area contributed by atoms with Crippen LogP contribution in [0.1, 0.15) is 68.3 Å². The number of nitrogens with one attached hydrogen (secondary N) is 2. The molecule has 2 amide bonds. The largest absolute Gasteiger partial charge is 0.339 e. The summed E-state index contributed by atoms with van der Waals surface area (Å²) in [5.74, 6) is 0.662. The fraction of sp³-hybridized carbons (Fsp3) is 0.517. The molecule has 1 unspecified atom stereocenters. The maximum atomic E-state index is 13.9. The number of imidazole rings is 1. The third-order valence-corrected chi connectivity index (χ3v) is 8.41. The van der Waals surface area contributed by atoms with Gasteiger partial charge in [0, 0.05) is 26.0 Å². The highest BCUT2D eigenvalue weighted by Crippen LogP contribution is 2.43. The Hall–Kier alpha value is -3.42. The summed E-state index contributed by atoms with van der Waals surface area (Å²) in [6.45, 7) is 0. The van der Waals surface area contributed by atoms with Crippen LogP contribution < -0.4 is 10.6 Å². The lowest BCUT2D eigenvalue weighted by Crippen LogP contribution is -2.53. The van der Waals surface area contributed by atoms with Crippen molar-refractivity contribution in [2.24, 2.45) is 31.8 Å². The van der Waals surface area contributed by atoms with E-state index in [1.807, 2.05) is 42.1 Å². The number of anilines is 1. The number of amides is 2. The Morgan fingerprint density at radius 2 is 1.57 bits per heavy atom. The van der Waals surface area contributed by atoms with E-state index < -0.39 is 6.04 Å². The first-order valence-corrected chi connectivity index (χ1v) is 13.7. The number of carbonyl (C=O) groups is 2. The number of hydrogen-bond acceptors (Lipinski definition) is 4. The van der Waals surface area contributed by atoms with Crippen molar-refractivity contribution in [1.29, 1.82) is 0 Å². The van der Waals surface area contributed by atoms with Gasteiger partial charge in [-0.2, -0.15) is 5.10 Å². The molecule has 0 spiro atoms.